The maximum Gasteiger partial charge on any atom is 0.419 e. The molecular formula is C13H13F4N3. The summed E-state index contributed by atoms with van der Waals surface area (Å²) in [6.45, 7) is 1.76. The molecule has 1 aromatic heterocycles. The molecule has 0 saturated heterocycles. The van der Waals surface area contributed by atoms with Crippen LogP contribution in [0.2, 0.25) is 0 Å². The number of imidazole rings is 1. The van der Waals surface area contributed by atoms with Crippen molar-refractivity contribution in [3.63, 3.8) is 0 Å². The molecule has 0 saturated carbocycles. The zero-order valence-corrected chi connectivity index (χ0v) is 10.9. The second-order valence-electron chi connectivity index (χ2n) is 4.45. The van der Waals surface area contributed by atoms with Crippen LogP contribution < -0.4 is 5.32 Å². The summed E-state index contributed by atoms with van der Waals surface area (Å²) in [5, 5.41) is 2.87. The molecule has 1 N–H and O–H groups in total. The average molecular weight is 287 g/mol. The Kier molecular flexibility index (Phi) is 3.69. The second kappa shape index (κ2) is 5.15. The van der Waals surface area contributed by atoms with Crippen molar-refractivity contribution in [1.29, 1.82) is 0 Å². The molecule has 1 unspecified atom stereocenters. The van der Waals surface area contributed by atoms with Crippen LogP contribution in [0, 0.1) is 5.82 Å². The molecule has 0 amide bonds. The minimum absolute atomic E-state index is 0.189. The maximum absolute atomic E-state index is 13.2. The lowest BCUT2D eigenvalue weighted by molar-refractivity contribution is -0.139. The fourth-order valence-electron chi connectivity index (χ4n) is 1.94. The van der Waals surface area contributed by atoms with E-state index in [1.54, 1.807) is 30.9 Å². The van der Waals surface area contributed by atoms with Crippen molar-refractivity contribution in [2.24, 2.45) is 7.05 Å². The lowest BCUT2D eigenvalue weighted by atomic mass is 10.1. The van der Waals surface area contributed by atoms with Crippen molar-refractivity contribution in [3.8, 4) is 0 Å². The van der Waals surface area contributed by atoms with Gasteiger partial charge in [-0.05, 0) is 25.1 Å². The summed E-state index contributed by atoms with van der Waals surface area (Å²) in [4.78, 5) is 4.10. The van der Waals surface area contributed by atoms with Gasteiger partial charge in [0.25, 0.3) is 0 Å². The van der Waals surface area contributed by atoms with Gasteiger partial charge in [0.2, 0.25) is 0 Å². The van der Waals surface area contributed by atoms with Crippen molar-refractivity contribution in [3.05, 3.63) is 47.8 Å². The van der Waals surface area contributed by atoms with E-state index in [-0.39, 0.29) is 11.7 Å². The first-order valence-electron chi connectivity index (χ1n) is 5.89. The fourth-order valence-corrected chi connectivity index (χ4v) is 1.94. The Labute approximate surface area is 113 Å². The van der Waals surface area contributed by atoms with Gasteiger partial charge in [-0.1, -0.05) is 0 Å². The van der Waals surface area contributed by atoms with E-state index in [2.05, 4.69) is 10.3 Å². The predicted octanol–water partition coefficient (Wildman–Crippen LogP) is 3.75. The Hall–Kier alpha value is -2.05. The minimum atomic E-state index is -4.71. The monoisotopic (exact) mass is 287 g/mol. The number of hydrogen-bond donors (Lipinski definition) is 1. The molecule has 0 aliphatic rings. The quantitative estimate of drug-likeness (QED) is 0.871. The second-order valence-corrected chi connectivity index (χ2v) is 4.45. The molecule has 1 heterocycles. The third-order valence-corrected chi connectivity index (χ3v) is 2.90. The van der Waals surface area contributed by atoms with Gasteiger partial charge in [-0.15, -0.1) is 0 Å². The highest BCUT2D eigenvalue weighted by atomic mass is 19.4. The summed E-state index contributed by atoms with van der Waals surface area (Å²) < 4.78 is 52.8. The molecule has 0 spiro atoms. The van der Waals surface area contributed by atoms with Gasteiger partial charge >= 0.3 is 6.18 Å². The number of halogens is 4. The minimum Gasteiger partial charge on any atom is -0.375 e. The summed E-state index contributed by atoms with van der Waals surface area (Å²) in [7, 11) is 1.78. The van der Waals surface area contributed by atoms with Crippen LogP contribution in [0.15, 0.2) is 30.6 Å². The van der Waals surface area contributed by atoms with E-state index < -0.39 is 17.6 Å². The van der Waals surface area contributed by atoms with Gasteiger partial charge in [0, 0.05) is 25.1 Å². The van der Waals surface area contributed by atoms with E-state index in [9.17, 15) is 17.6 Å². The molecule has 7 heteroatoms. The summed E-state index contributed by atoms with van der Waals surface area (Å²) in [6.07, 6.45) is -1.38. The van der Waals surface area contributed by atoms with Crippen molar-refractivity contribution in [2.75, 3.05) is 5.32 Å². The average Bonchev–Trinajstić information content (AvgIpc) is 2.76. The number of nitrogens with one attached hydrogen (secondary N) is 1. The third kappa shape index (κ3) is 2.92. The van der Waals surface area contributed by atoms with E-state index in [4.69, 9.17) is 0 Å². The van der Waals surface area contributed by atoms with Crippen molar-refractivity contribution < 1.29 is 17.6 Å². The standard InChI is InChI=1S/C13H13F4N3/c1-8(12-18-5-6-20(12)2)19-9-3-4-11(14)10(7-9)13(15,16)17/h3-8,19H,1-2H3. The Morgan fingerprint density at radius 3 is 2.55 bits per heavy atom. The summed E-state index contributed by atoms with van der Waals surface area (Å²) >= 11 is 0. The van der Waals surface area contributed by atoms with Gasteiger partial charge in [0.1, 0.15) is 11.6 Å². The van der Waals surface area contributed by atoms with Gasteiger partial charge in [-0.2, -0.15) is 13.2 Å². The number of aromatic nitrogens is 2. The molecular weight excluding hydrogens is 274 g/mol. The van der Waals surface area contributed by atoms with Crippen molar-refractivity contribution >= 4 is 5.69 Å². The lowest BCUT2D eigenvalue weighted by Crippen LogP contribution is -2.13. The smallest absolute Gasteiger partial charge is 0.375 e. The largest absolute Gasteiger partial charge is 0.419 e. The third-order valence-electron chi connectivity index (χ3n) is 2.90. The molecule has 2 rings (SSSR count). The Balaban J connectivity index is 2.25. The molecule has 1 atom stereocenters. The molecule has 108 valence electrons. The Bertz CT molecular complexity index is 604. The SMILES string of the molecule is CC(Nc1ccc(F)c(C(F)(F)F)c1)c1nccn1C. The number of benzene rings is 1. The molecule has 0 aliphatic carbocycles. The van der Waals surface area contributed by atoms with Crippen LogP contribution in [-0.2, 0) is 13.2 Å². The molecule has 0 radical (unpaired) electrons. The highest BCUT2D eigenvalue weighted by Crippen LogP contribution is 2.33. The first-order valence-corrected chi connectivity index (χ1v) is 5.89. The zero-order valence-electron chi connectivity index (χ0n) is 10.9. The van der Waals surface area contributed by atoms with E-state index in [0.717, 1.165) is 12.1 Å². The number of hydrogen-bond acceptors (Lipinski definition) is 2. The van der Waals surface area contributed by atoms with Crippen LogP contribution >= 0.6 is 0 Å². The first kappa shape index (κ1) is 14.4. The molecule has 0 aliphatic heterocycles. The number of nitrogens with zero attached hydrogens (tertiary/aromatic N) is 2. The van der Waals surface area contributed by atoms with Crippen LogP contribution in [0.5, 0.6) is 0 Å². The van der Waals surface area contributed by atoms with Gasteiger partial charge < -0.3 is 9.88 Å². The van der Waals surface area contributed by atoms with Crippen LogP contribution in [0.1, 0.15) is 24.4 Å². The predicted molar refractivity (Wildman–Crippen MR) is 66.6 cm³/mol. The number of anilines is 1. The van der Waals surface area contributed by atoms with E-state index in [1.807, 2.05) is 0 Å². The van der Waals surface area contributed by atoms with E-state index >= 15 is 0 Å². The first-order chi connectivity index (χ1) is 9.29. The van der Waals surface area contributed by atoms with E-state index in [0.29, 0.717) is 5.82 Å². The molecule has 20 heavy (non-hydrogen) atoms. The van der Waals surface area contributed by atoms with Gasteiger partial charge in [0.15, 0.2) is 0 Å². The van der Waals surface area contributed by atoms with Gasteiger partial charge in [0.05, 0.1) is 11.6 Å². The normalized spacial score (nSPS) is 13.3. The zero-order chi connectivity index (χ0) is 14.9. The number of alkyl halides is 3. The van der Waals surface area contributed by atoms with Crippen LogP contribution in [0.3, 0.4) is 0 Å². The molecule has 1 aromatic carbocycles. The Morgan fingerprint density at radius 1 is 1.30 bits per heavy atom. The highest BCUT2D eigenvalue weighted by Gasteiger charge is 2.34. The van der Waals surface area contributed by atoms with Gasteiger partial charge in [-0.3, -0.25) is 0 Å². The van der Waals surface area contributed by atoms with Crippen LogP contribution in [-0.4, -0.2) is 9.55 Å². The van der Waals surface area contributed by atoms with Crippen molar-refractivity contribution in [2.45, 2.75) is 19.1 Å². The van der Waals surface area contributed by atoms with Crippen LogP contribution in [0.4, 0.5) is 23.2 Å². The van der Waals surface area contributed by atoms with Crippen molar-refractivity contribution in [1.82, 2.24) is 9.55 Å². The number of aryl methyl sites for hydroxylation is 1. The lowest BCUT2D eigenvalue weighted by Gasteiger charge is -2.16. The number of rotatable bonds is 3. The Morgan fingerprint density at radius 2 is 2.00 bits per heavy atom. The molecule has 0 fully saturated rings. The summed E-state index contributed by atoms with van der Waals surface area (Å²) in [6, 6.07) is 2.52. The highest BCUT2D eigenvalue weighted by molar-refractivity contribution is 5.48. The van der Waals surface area contributed by atoms with Gasteiger partial charge in [-0.25, -0.2) is 9.37 Å². The fraction of sp³-hybridized carbons (Fsp3) is 0.308. The summed E-state index contributed by atoms with van der Waals surface area (Å²) in [5.41, 5.74) is -1.09. The molecule has 2 aromatic rings. The molecule has 0 bridgehead atoms. The molecule has 3 nitrogen and oxygen atoms in total. The van der Waals surface area contributed by atoms with E-state index in [1.165, 1.54) is 6.07 Å². The topological polar surface area (TPSA) is 29.9 Å². The van der Waals surface area contributed by atoms with Crippen LogP contribution in [0.25, 0.3) is 0 Å². The summed E-state index contributed by atoms with van der Waals surface area (Å²) in [5.74, 6) is -0.615. The maximum atomic E-state index is 13.2.